The van der Waals surface area contributed by atoms with Crippen LogP contribution in [-0.2, 0) is 9.22 Å². The minimum atomic E-state index is -2.76. The topological polar surface area (TPSA) is 29.5 Å². The summed E-state index contributed by atoms with van der Waals surface area (Å²) in [4.78, 5) is 15.4. The van der Waals surface area contributed by atoms with Gasteiger partial charge in [0.2, 0.25) is 5.91 Å². The van der Waals surface area contributed by atoms with Crippen LogP contribution < -0.4 is 10.4 Å². The number of rotatable bonds is 10. The van der Waals surface area contributed by atoms with Crippen molar-refractivity contribution in [2.75, 3.05) is 0 Å². The van der Waals surface area contributed by atoms with Gasteiger partial charge in [0.1, 0.15) is 0 Å². The third-order valence-electron chi connectivity index (χ3n) is 7.60. The van der Waals surface area contributed by atoms with E-state index in [0.717, 1.165) is 12.8 Å². The molecule has 1 aliphatic rings. The first-order valence-corrected chi connectivity index (χ1v) is 14.9. The molecule has 4 heteroatoms. The second-order valence-electron chi connectivity index (χ2n) is 11.0. The van der Waals surface area contributed by atoms with Crippen molar-refractivity contribution in [1.82, 2.24) is 4.90 Å². The maximum absolute atomic E-state index is 13.3. The van der Waals surface area contributed by atoms with E-state index in [1.807, 2.05) is 12.2 Å². The van der Waals surface area contributed by atoms with Gasteiger partial charge in [-0.05, 0) is 48.5 Å². The van der Waals surface area contributed by atoms with Crippen LogP contribution in [-0.4, -0.2) is 37.3 Å². The summed E-state index contributed by atoms with van der Waals surface area (Å²) in [5.74, 6) is 0.184. The molecule has 1 heterocycles. The third-order valence-corrected chi connectivity index (χ3v) is 12.7. The predicted octanol–water partition coefficient (Wildman–Crippen LogP) is 6.10. The highest BCUT2D eigenvalue weighted by Crippen LogP contribution is 2.39. The molecule has 0 unspecified atom stereocenters. The Morgan fingerprint density at radius 3 is 1.83 bits per heavy atom. The Hall–Kier alpha value is -2.43. The maximum Gasteiger partial charge on any atom is 0.261 e. The van der Waals surface area contributed by atoms with Crippen molar-refractivity contribution in [3.8, 4) is 0 Å². The van der Waals surface area contributed by atoms with E-state index in [2.05, 4.69) is 113 Å². The fraction of sp³-hybridized carbons (Fsp3) is 0.452. The smallest absolute Gasteiger partial charge is 0.261 e. The van der Waals surface area contributed by atoms with Crippen LogP contribution in [0.3, 0.4) is 0 Å². The molecule has 0 aliphatic carbocycles. The summed E-state index contributed by atoms with van der Waals surface area (Å²) in [6.07, 6.45) is 6.92. The molecule has 1 aliphatic heterocycles. The zero-order chi connectivity index (χ0) is 25.6. The van der Waals surface area contributed by atoms with Crippen LogP contribution in [0.15, 0.2) is 86.0 Å². The molecule has 1 amide bonds. The zero-order valence-electron chi connectivity index (χ0n) is 22.2. The number of amides is 1. The van der Waals surface area contributed by atoms with Gasteiger partial charge in [0, 0.05) is 24.4 Å². The number of carbonyl (C=O) groups excluding carboxylic acids is 1. The summed E-state index contributed by atoms with van der Waals surface area (Å²) in [5.41, 5.74) is 0. The van der Waals surface area contributed by atoms with Crippen LogP contribution in [0.5, 0.6) is 0 Å². The molecule has 1 saturated heterocycles. The quantitative estimate of drug-likeness (QED) is 0.298. The number of hydrogen-bond donors (Lipinski definition) is 0. The molecule has 0 spiro atoms. The zero-order valence-corrected chi connectivity index (χ0v) is 23.2. The highest BCUT2D eigenvalue weighted by atomic mass is 28.4. The van der Waals surface area contributed by atoms with E-state index in [1.54, 1.807) is 0 Å². The first-order valence-electron chi connectivity index (χ1n) is 13.0. The molecule has 2 aromatic rings. The van der Waals surface area contributed by atoms with E-state index in [0.29, 0.717) is 24.9 Å². The van der Waals surface area contributed by atoms with Crippen molar-refractivity contribution in [3.05, 3.63) is 86.0 Å². The van der Waals surface area contributed by atoms with Crippen molar-refractivity contribution in [2.45, 2.75) is 83.5 Å². The number of nitrogens with zero attached hydrogens (tertiary/aromatic N) is 1. The molecular weight excluding hydrogens is 446 g/mol. The molecule has 3 atom stereocenters. The second kappa shape index (κ2) is 11.5. The Morgan fingerprint density at radius 2 is 1.43 bits per heavy atom. The lowest BCUT2D eigenvalue weighted by atomic mass is 9.98. The van der Waals surface area contributed by atoms with Crippen LogP contribution in [0, 0.1) is 5.92 Å². The van der Waals surface area contributed by atoms with Crippen molar-refractivity contribution in [2.24, 2.45) is 5.92 Å². The van der Waals surface area contributed by atoms with Gasteiger partial charge in [0.25, 0.3) is 8.32 Å². The minimum absolute atomic E-state index is 0.0436. The van der Waals surface area contributed by atoms with E-state index in [1.165, 1.54) is 10.4 Å². The van der Waals surface area contributed by atoms with Crippen LogP contribution >= 0.6 is 0 Å². The lowest BCUT2D eigenvalue weighted by Gasteiger charge is -2.46. The molecule has 2 aromatic carbocycles. The number of benzene rings is 2. The van der Waals surface area contributed by atoms with Crippen molar-refractivity contribution in [3.63, 3.8) is 0 Å². The van der Waals surface area contributed by atoms with Crippen molar-refractivity contribution >= 4 is 24.6 Å². The Morgan fingerprint density at radius 1 is 0.971 bits per heavy atom. The van der Waals surface area contributed by atoms with Gasteiger partial charge in [-0.25, -0.2) is 0 Å². The Bertz CT molecular complexity index is 925. The molecule has 188 valence electrons. The summed E-state index contributed by atoms with van der Waals surface area (Å²) in [6, 6.07) is 22.0. The van der Waals surface area contributed by atoms with Crippen LogP contribution in [0.1, 0.15) is 60.3 Å². The van der Waals surface area contributed by atoms with E-state index >= 15 is 0 Å². The fourth-order valence-corrected chi connectivity index (χ4v) is 10.5. The molecule has 0 bridgehead atoms. The SMILES string of the molecule is C=CC(C=C)[C@H](CCC(=O)N1[C@@H](C)CC[C@@H]1C)O[Si](c1ccccc1)(c1ccccc1)C(C)(C)C. The van der Waals surface area contributed by atoms with Crippen LogP contribution in [0.25, 0.3) is 0 Å². The number of likely N-dealkylation sites (tertiary alicyclic amines) is 1. The fourth-order valence-electron chi connectivity index (χ4n) is 5.73. The molecular formula is C31H43NO2Si. The van der Waals surface area contributed by atoms with Crippen molar-refractivity contribution in [1.29, 1.82) is 0 Å². The molecule has 1 fully saturated rings. The third kappa shape index (κ3) is 5.70. The lowest BCUT2D eigenvalue weighted by Crippen LogP contribution is -2.68. The average Bonchev–Trinajstić information content (AvgIpc) is 3.19. The van der Waals surface area contributed by atoms with E-state index in [9.17, 15) is 4.79 Å². The van der Waals surface area contributed by atoms with Gasteiger partial charge in [-0.1, -0.05) is 93.6 Å². The molecule has 0 N–H and O–H groups in total. The van der Waals surface area contributed by atoms with Crippen molar-refractivity contribution < 1.29 is 9.22 Å². The summed E-state index contributed by atoms with van der Waals surface area (Å²) in [6.45, 7) is 19.3. The van der Waals surface area contributed by atoms with Crippen LogP contribution in [0.4, 0.5) is 0 Å². The van der Waals surface area contributed by atoms with Gasteiger partial charge in [-0.15, -0.1) is 13.2 Å². The molecule has 0 aromatic heterocycles. The van der Waals surface area contributed by atoms with E-state index in [-0.39, 0.29) is 23.0 Å². The molecule has 0 saturated carbocycles. The monoisotopic (exact) mass is 489 g/mol. The largest absolute Gasteiger partial charge is 0.404 e. The van der Waals surface area contributed by atoms with E-state index in [4.69, 9.17) is 4.43 Å². The second-order valence-corrected chi connectivity index (χ2v) is 15.2. The number of carbonyl (C=O) groups is 1. The van der Waals surface area contributed by atoms with Gasteiger partial charge in [-0.3, -0.25) is 4.79 Å². The van der Waals surface area contributed by atoms with Gasteiger partial charge < -0.3 is 9.33 Å². The van der Waals surface area contributed by atoms with Crippen LogP contribution in [0.2, 0.25) is 5.04 Å². The standard InChI is InChI=1S/C31H43NO2Si/c1-8-26(9-2)29(22-23-30(33)32-24(3)20-21-25(32)4)34-35(31(5,6)7,27-16-12-10-13-17-27)28-18-14-11-15-19-28/h8-19,24-26,29H,1-2,20-23H2,3-7H3/t24-,25-,29-/m0/s1. The maximum atomic E-state index is 13.3. The Kier molecular flexibility index (Phi) is 8.95. The normalized spacial score (nSPS) is 19.5. The highest BCUT2D eigenvalue weighted by molar-refractivity contribution is 6.99. The van der Waals surface area contributed by atoms with E-state index < -0.39 is 8.32 Å². The summed E-state index contributed by atoms with van der Waals surface area (Å²) in [5, 5.41) is 2.34. The summed E-state index contributed by atoms with van der Waals surface area (Å²) < 4.78 is 7.41. The summed E-state index contributed by atoms with van der Waals surface area (Å²) >= 11 is 0. The first kappa shape index (κ1) is 27.2. The van der Waals surface area contributed by atoms with Gasteiger partial charge in [0.15, 0.2) is 0 Å². The minimum Gasteiger partial charge on any atom is -0.404 e. The van der Waals surface area contributed by atoms with Gasteiger partial charge in [0.05, 0.1) is 6.10 Å². The lowest BCUT2D eigenvalue weighted by molar-refractivity contribution is -0.134. The summed E-state index contributed by atoms with van der Waals surface area (Å²) in [7, 11) is -2.76. The molecule has 3 rings (SSSR count). The average molecular weight is 490 g/mol. The Labute approximate surface area is 214 Å². The van der Waals surface area contributed by atoms with Gasteiger partial charge in [-0.2, -0.15) is 0 Å². The Balaban J connectivity index is 2.03. The molecule has 0 radical (unpaired) electrons. The molecule has 3 nitrogen and oxygen atoms in total. The predicted molar refractivity (Wildman–Crippen MR) is 151 cm³/mol. The molecule has 35 heavy (non-hydrogen) atoms. The number of hydrogen-bond acceptors (Lipinski definition) is 2. The highest BCUT2D eigenvalue weighted by Gasteiger charge is 2.52. The first-order chi connectivity index (χ1) is 16.7. The van der Waals surface area contributed by atoms with Gasteiger partial charge >= 0.3 is 0 Å².